The molecule has 2 amide bonds. The first-order valence-corrected chi connectivity index (χ1v) is 14.0. The van der Waals surface area contributed by atoms with Gasteiger partial charge < -0.3 is 10.6 Å². The minimum atomic E-state index is -0.621. The second kappa shape index (κ2) is 14.9. The molecule has 204 valence electrons. The lowest BCUT2D eigenvalue weighted by Crippen LogP contribution is -2.48. The molecule has 0 spiro atoms. The van der Waals surface area contributed by atoms with Gasteiger partial charge in [0.1, 0.15) is 0 Å². The molecule has 0 aromatic rings. The number of hydrogen-bond donors (Lipinski definition) is 3. The van der Waals surface area contributed by atoms with E-state index in [1.54, 1.807) is 0 Å². The Kier molecular flexibility index (Phi) is 11.9. The van der Waals surface area contributed by atoms with Gasteiger partial charge in [-0.3, -0.25) is 19.7 Å². The van der Waals surface area contributed by atoms with E-state index in [1.807, 2.05) is 11.8 Å². The summed E-state index contributed by atoms with van der Waals surface area (Å²) in [5.74, 6) is 0.600. The van der Waals surface area contributed by atoms with Crippen LogP contribution in [0.15, 0.2) is 23.8 Å². The van der Waals surface area contributed by atoms with Gasteiger partial charge in [0.2, 0.25) is 5.91 Å². The lowest BCUT2D eigenvalue weighted by Gasteiger charge is -2.34. The summed E-state index contributed by atoms with van der Waals surface area (Å²) in [6.07, 6.45) is 17.0. The van der Waals surface area contributed by atoms with Crippen LogP contribution in [0.4, 0.5) is 0 Å². The van der Waals surface area contributed by atoms with Crippen LogP contribution in [0.5, 0.6) is 0 Å². The third kappa shape index (κ3) is 9.29. The maximum absolute atomic E-state index is 13.6. The zero-order valence-corrected chi connectivity index (χ0v) is 22.2. The van der Waals surface area contributed by atoms with Crippen LogP contribution < -0.4 is 11.2 Å². The quantitative estimate of drug-likeness (QED) is 0.251. The number of carbonyl (C=O) groups excluding carboxylic acids is 2. The van der Waals surface area contributed by atoms with Crippen LogP contribution >= 0.6 is 0 Å². The molecule has 8 heteroatoms. The average Bonchev–Trinajstić information content (AvgIpc) is 2.89. The zero-order valence-electron chi connectivity index (χ0n) is 22.2. The van der Waals surface area contributed by atoms with Crippen molar-refractivity contribution in [1.29, 1.82) is 0 Å². The van der Waals surface area contributed by atoms with Crippen LogP contribution in [0.25, 0.3) is 0 Å². The van der Waals surface area contributed by atoms with E-state index in [1.165, 1.54) is 37.7 Å². The third-order valence-corrected chi connectivity index (χ3v) is 8.13. The number of hydroxylamine groups is 1. The molecule has 8 nitrogen and oxygen atoms in total. The minimum Gasteiger partial charge on any atom is -0.369 e. The second-order valence-electron chi connectivity index (χ2n) is 11.3. The molecular formula is C28H47N3O5. The highest BCUT2D eigenvalue weighted by molar-refractivity contribution is 5.81. The number of nitrogens with one attached hydrogen (secondary N) is 1. The molecule has 3 unspecified atom stereocenters. The number of carbonyl (C=O) groups is 2. The van der Waals surface area contributed by atoms with E-state index >= 15 is 0 Å². The molecule has 0 radical (unpaired) electrons. The van der Waals surface area contributed by atoms with Gasteiger partial charge in [0.05, 0.1) is 6.10 Å². The Hall–Kier alpha value is -1.74. The van der Waals surface area contributed by atoms with E-state index in [4.69, 9.17) is 15.8 Å². The molecule has 1 aliphatic heterocycles. The van der Waals surface area contributed by atoms with Crippen molar-refractivity contribution in [2.24, 2.45) is 23.5 Å². The number of amides is 2. The first-order chi connectivity index (χ1) is 17.4. The Morgan fingerprint density at radius 3 is 2.53 bits per heavy atom. The summed E-state index contributed by atoms with van der Waals surface area (Å²) in [5.41, 5.74) is 10.0. The maximum Gasteiger partial charge on any atom is 0.254 e. The van der Waals surface area contributed by atoms with Crippen LogP contribution in [-0.2, 0) is 19.3 Å². The van der Waals surface area contributed by atoms with Gasteiger partial charge in [-0.25, -0.2) is 4.89 Å². The van der Waals surface area contributed by atoms with Crippen LogP contribution in [0.2, 0.25) is 0 Å². The summed E-state index contributed by atoms with van der Waals surface area (Å²) < 4.78 is 0. The third-order valence-electron chi connectivity index (χ3n) is 8.13. The van der Waals surface area contributed by atoms with Gasteiger partial charge in [-0.05, 0) is 50.4 Å². The fourth-order valence-electron chi connectivity index (χ4n) is 5.71. The summed E-state index contributed by atoms with van der Waals surface area (Å²) in [4.78, 5) is 37.7. The van der Waals surface area contributed by atoms with Gasteiger partial charge in [0.15, 0.2) is 6.10 Å². The van der Waals surface area contributed by atoms with Crippen molar-refractivity contribution >= 4 is 11.8 Å². The second-order valence-corrected chi connectivity index (χ2v) is 11.3. The molecule has 2 fully saturated rings. The van der Waals surface area contributed by atoms with Gasteiger partial charge in [0.25, 0.3) is 5.91 Å². The Morgan fingerprint density at radius 2 is 1.89 bits per heavy atom. The number of hydrogen-bond acceptors (Lipinski definition) is 6. The van der Waals surface area contributed by atoms with E-state index in [-0.39, 0.29) is 29.9 Å². The summed E-state index contributed by atoms with van der Waals surface area (Å²) >= 11 is 0. The molecular weight excluding hydrogens is 458 g/mol. The van der Waals surface area contributed by atoms with Gasteiger partial charge in [-0.15, -0.1) is 0 Å². The number of piperidine rings is 1. The van der Waals surface area contributed by atoms with E-state index in [0.717, 1.165) is 19.3 Å². The highest BCUT2D eigenvalue weighted by Gasteiger charge is 2.32. The van der Waals surface area contributed by atoms with E-state index in [0.29, 0.717) is 50.6 Å². The molecule has 3 aliphatic rings. The Labute approximate surface area is 216 Å². The molecule has 0 aromatic carbocycles. The molecule has 4 atom stereocenters. The largest absolute Gasteiger partial charge is 0.369 e. The molecule has 36 heavy (non-hydrogen) atoms. The van der Waals surface area contributed by atoms with Crippen molar-refractivity contribution in [1.82, 2.24) is 10.4 Å². The van der Waals surface area contributed by atoms with Crippen LogP contribution in [0.1, 0.15) is 90.9 Å². The molecule has 1 saturated heterocycles. The maximum atomic E-state index is 13.6. The van der Waals surface area contributed by atoms with Crippen molar-refractivity contribution in [2.45, 2.75) is 109 Å². The Bertz CT molecular complexity index is 756. The molecule has 0 bridgehead atoms. The Morgan fingerprint density at radius 1 is 1.17 bits per heavy atom. The number of likely N-dealkylation sites (tertiary alicyclic amines) is 1. The lowest BCUT2D eigenvalue weighted by atomic mass is 9.83. The van der Waals surface area contributed by atoms with Crippen molar-refractivity contribution in [2.75, 3.05) is 13.1 Å². The summed E-state index contributed by atoms with van der Waals surface area (Å²) in [6, 6.07) is 0.0675. The number of rotatable bonds is 13. The number of nitrogens with two attached hydrogens (primary N) is 1. The van der Waals surface area contributed by atoms with Gasteiger partial charge >= 0.3 is 0 Å². The summed E-state index contributed by atoms with van der Waals surface area (Å²) in [6.45, 7) is 5.14. The molecule has 2 aliphatic carbocycles. The topological polar surface area (TPSA) is 114 Å². The standard InChI is InChI=1S/C28H47N3O5/c1-20-7-6-10-23(17-20)19-26(28(33)31-15-13-25(36-34)14-16-31)35-30-24(12-11-21(2)27(29)32)18-22-8-4-3-5-9-22/h6-7,10,20-22,24-26,30,34H,3-5,8-9,11-19H2,1-2H3,(H2,29,32)/t20?,21-,24?,26?/m1/s1. The fraction of sp³-hybridized carbons (Fsp3) is 0.786. The monoisotopic (exact) mass is 505 g/mol. The summed E-state index contributed by atoms with van der Waals surface area (Å²) in [7, 11) is 0. The molecule has 0 aromatic heterocycles. The Balaban J connectivity index is 1.66. The van der Waals surface area contributed by atoms with Gasteiger partial charge in [0, 0.05) is 31.5 Å². The number of allylic oxidation sites excluding steroid dienone is 3. The SMILES string of the molecule is CC1C=CC=C(CC(ONC(CC[C@@H](C)C(N)=O)CC2CCCCC2)C(=O)N2CCC(OO)CC2)C1. The van der Waals surface area contributed by atoms with Crippen molar-refractivity contribution in [3.8, 4) is 0 Å². The molecule has 4 N–H and O–H groups in total. The van der Waals surface area contributed by atoms with E-state index in [2.05, 4.69) is 35.5 Å². The van der Waals surface area contributed by atoms with Crippen molar-refractivity contribution in [3.63, 3.8) is 0 Å². The molecule has 3 rings (SSSR count). The van der Waals surface area contributed by atoms with Crippen LogP contribution in [-0.4, -0.2) is 53.3 Å². The highest BCUT2D eigenvalue weighted by Crippen LogP contribution is 2.29. The normalized spacial score (nSPS) is 24.2. The predicted molar refractivity (Wildman–Crippen MR) is 140 cm³/mol. The van der Waals surface area contributed by atoms with Gasteiger partial charge in [-0.2, -0.15) is 5.48 Å². The summed E-state index contributed by atoms with van der Waals surface area (Å²) in [5, 5.41) is 8.99. The minimum absolute atomic E-state index is 0.0242. The fourth-order valence-corrected chi connectivity index (χ4v) is 5.71. The number of nitrogens with zero attached hydrogens (tertiary/aromatic N) is 1. The smallest absolute Gasteiger partial charge is 0.254 e. The van der Waals surface area contributed by atoms with Crippen LogP contribution in [0.3, 0.4) is 0 Å². The van der Waals surface area contributed by atoms with E-state index < -0.39 is 6.10 Å². The average molecular weight is 506 g/mol. The van der Waals surface area contributed by atoms with Crippen molar-refractivity contribution < 1.29 is 24.6 Å². The zero-order chi connectivity index (χ0) is 25.9. The first-order valence-electron chi connectivity index (χ1n) is 14.0. The highest BCUT2D eigenvalue weighted by atomic mass is 17.1. The first kappa shape index (κ1) is 28.8. The van der Waals surface area contributed by atoms with Gasteiger partial charge in [-0.1, -0.05) is 69.8 Å². The number of primary amides is 1. The van der Waals surface area contributed by atoms with E-state index in [9.17, 15) is 9.59 Å². The van der Waals surface area contributed by atoms with Crippen molar-refractivity contribution in [3.05, 3.63) is 23.8 Å². The predicted octanol–water partition coefficient (Wildman–Crippen LogP) is 4.51. The van der Waals surface area contributed by atoms with Crippen LogP contribution in [0, 0.1) is 17.8 Å². The molecule has 1 saturated carbocycles. The molecule has 1 heterocycles. The lowest BCUT2D eigenvalue weighted by molar-refractivity contribution is -0.285.